The summed E-state index contributed by atoms with van der Waals surface area (Å²) >= 11 is 3.22. The number of halogens is 1. The van der Waals surface area contributed by atoms with Crippen LogP contribution in [0.1, 0.15) is 10.5 Å². The van der Waals surface area contributed by atoms with Crippen molar-refractivity contribution in [2.45, 2.75) is 6.54 Å². The van der Waals surface area contributed by atoms with E-state index >= 15 is 0 Å². The van der Waals surface area contributed by atoms with Crippen LogP contribution in [0, 0.1) is 0 Å². The number of nitrogens with zero attached hydrogens (tertiary/aromatic N) is 3. The number of anilines is 1. The van der Waals surface area contributed by atoms with Crippen molar-refractivity contribution in [2.24, 2.45) is 0 Å². The Hall–Kier alpha value is -2.22. The molecule has 0 unspecified atom stereocenters. The van der Waals surface area contributed by atoms with Gasteiger partial charge in [0, 0.05) is 16.9 Å². The molecule has 0 atom stereocenters. The lowest BCUT2D eigenvalue weighted by Gasteiger charge is -2.01. The van der Waals surface area contributed by atoms with E-state index in [-0.39, 0.29) is 18.1 Å². The number of rotatable bonds is 4. The summed E-state index contributed by atoms with van der Waals surface area (Å²) < 4.78 is 1.99. The Kier molecular flexibility index (Phi) is 3.91. The molecule has 2 aromatic heterocycles. The maximum absolute atomic E-state index is 11.8. The van der Waals surface area contributed by atoms with Gasteiger partial charge in [0.1, 0.15) is 12.2 Å². The molecule has 7 nitrogen and oxygen atoms in total. The van der Waals surface area contributed by atoms with Gasteiger partial charge in [0.15, 0.2) is 0 Å². The lowest BCUT2D eigenvalue weighted by molar-refractivity contribution is -0.137. The molecule has 0 fully saturated rings. The zero-order chi connectivity index (χ0) is 13.8. The number of carbonyl (C=O) groups is 2. The van der Waals surface area contributed by atoms with Crippen molar-refractivity contribution >= 4 is 33.5 Å². The van der Waals surface area contributed by atoms with Crippen LogP contribution in [-0.2, 0) is 11.3 Å². The molecule has 0 radical (unpaired) electrons. The summed E-state index contributed by atoms with van der Waals surface area (Å²) in [5.74, 6) is -1.39. The minimum absolute atomic E-state index is 0.258. The number of hydrogen-bond acceptors (Lipinski definition) is 4. The summed E-state index contributed by atoms with van der Waals surface area (Å²) in [6.07, 6.45) is 4.33. The first-order valence-electron chi connectivity index (χ1n) is 5.22. The van der Waals surface area contributed by atoms with Gasteiger partial charge in [-0.3, -0.25) is 14.3 Å². The number of hydrogen-bond donors (Lipinski definition) is 2. The summed E-state index contributed by atoms with van der Waals surface area (Å²) in [5.41, 5.74) is 0.671. The highest BCUT2D eigenvalue weighted by Gasteiger charge is 2.09. The van der Waals surface area contributed by atoms with E-state index in [0.717, 1.165) is 4.47 Å². The number of nitrogens with one attached hydrogen (secondary N) is 1. The van der Waals surface area contributed by atoms with E-state index in [4.69, 9.17) is 5.11 Å². The van der Waals surface area contributed by atoms with E-state index < -0.39 is 5.97 Å². The highest BCUT2D eigenvalue weighted by atomic mass is 79.9. The van der Waals surface area contributed by atoms with Gasteiger partial charge in [-0.1, -0.05) is 0 Å². The second kappa shape index (κ2) is 5.61. The summed E-state index contributed by atoms with van der Waals surface area (Å²) in [5, 5.41) is 15.0. The molecule has 0 bridgehead atoms. The number of amides is 1. The van der Waals surface area contributed by atoms with Gasteiger partial charge in [-0.2, -0.15) is 5.10 Å². The van der Waals surface area contributed by atoms with Crippen molar-refractivity contribution in [3.8, 4) is 0 Å². The van der Waals surface area contributed by atoms with Crippen LogP contribution in [0.3, 0.4) is 0 Å². The molecule has 8 heteroatoms. The average molecular weight is 325 g/mol. The molecule has 0 aliphatic rings. The number of aromatic nitrogens is 3. The predicted molar refractivity (Wildman–Crippen MR) is 69.8 cm³/mol. The minimum atomic E-state index is -1.00. The molecule has 2 N–H and O–H groups in total. The van der Waals surface area contributed by atoms with Gasteiger partial charge in [0.05, 0.1) is 11.9 Å². The van der Waals surface area contributed by atoms with E-state index in [2.05, 4.69) is 31.3 Å². The summed E-state index contributed by atoms with van der Waals surface area (Å²) in [6, 6.07) is 3.27. The number of carbonyl (C=O) groups excluding carboxylic acids is 1. The van der Waals surface area contributed by atoms with Gasteiger partial charge >= 0.3 is 5.97 Å². The quantitative estimate of drug-likeness (QED) is 0.885. The van der Waals surface area contributed by atoms with Crippen LogP contribution in [0.2, 0.25) is 0 Å². The highest BCUT2D eigenvalue weighted by molar-refractivity contribution is 9.10. The number of carboxylic acid groups (broad SMARTS) is 1. The highest BCUT2D eigenvalue weighted by Crippen LogP contribution is 2.10. The number of carboxylic acids is 1. The second-order valence-electron chi connectivity index (χ2n) is 3.64. The molecular weight excluding hydrogens is 316 g/mol. The standard InChI is InChI=1S/C11H9BrN4O3/c12-7-1-2-9(13-3-7)11(19)15-8-4-14-16(5-8)6-10(17)18/h1-5H,6H2,(H,15,19)(H,17,18). The van der Waals surface area contributed by atoms with Crippen LogP contribution in [-0.4, -0.2) is 31.7 Å². The first-order chi connectivity index (χ1) is 9.04. The van der Waals surface area contributed by atoms with Crippen LogP contribution in [0.15, 0.2) is 35.2 Å². The first-order valence-corrected chi connectivity index (χ1v) is 6.01. The van der Waals surface area contributed by atoms with E-state index in [1.54, 1.807) is 12.1 Å². The minimum Gasteiger partial charge on any atom is -0.480 e. The molecule has 0 aliphatic carbocycles. The van der Waals surface area contributed by atoms with Gasteiger partial charge in [0.25, 0.3) is 5.91 Å². The molecule has 1 amide bonds. The molecule has 2 heterocycles. The molecule has 0 aromatic carbocycles. The normalized spacial score (nSPS) is 10.2. The summed E-state index contributed by atoms with van der Waals surface area (Å²) in [4.78, 5) is 26.3. The van der Waals surface area contributed by atoms with Crippen molar-refractivity contribution in [1.29, 1.82) is 0 Å². The maximum Gasteiger partial charge on any atom is 0.325 e. The third kappa shape index (κ3) is 3.62. The molecule has 0 aliphatic heterocycles. The Balaban J connectivity index is 2.04. The average Bonchev–Trinajstić information content (AvgIpc) is 2.76. The second-order valence-corrected chi connectivity index (χ2v) is 4.55. The number of aliphatic carboxylic acids is 1. The molecule has 2 aromatic rings. The van der Waals surface area contributed by atoms with Crippen molar-refractivity contribution < 1.29 is 14.7 Å². The molecule has 0 spiro atoms. The van der Waals surface area contributed by atoms with Crippen molar-refractivity contribution in [3.05, 3.63) is 40.9 Å². The summed E-state index contributed by atoms with van der Waals surface area (Å²) in [7, 11) is 0. The Morgan fingerprint density at radius 2 is 2.16 bits per heavy atom. The fourth-order valence-electron chi connectivity index (χ4n) is 1.36. The fourth-order valence-corrected chi connectivity index (χ4v) is 1.59. The topological polar surface area (TPSA) is 97.1 Å². The SMILES string of the molecule is O=C(O)Cn1cc(NC(=O)c2ccc(Br)cn2)cn1. The van der Waals surface area contributed by atoms with Gasteiger partial charge in [-0.15, -0.1) is 0 Å². The fraction of sp³-hybridized carbons (Fsp3) is 0.0909. The zero-order valence-electron chi connectivity index (χ0n) is 9.58. The molecule has 19 heavy (non-hydrogen) atoms. The monoisotopic (exact) mass is 324 g/mol. The molecule has 0 saturated carbocycles. The van der Waals surface area contributed by atoms with Crippen LogP contribution < -0.4 is 5.32 Å². The van der Waals surface area contributed by atoms with E-state index in [0.29, 0.717) is 5.69 Å². The molecular formula is C11H9BrN4O3. The Morgan fingerprint density at radius 3 is 2.79 bits per heavy atom. The molecule has 0 saturated heterocycles. The van der Waals surface area contributed by atoms with Crippen molar-refractivity contribution in [2.75, 3.05) is 5.32 Å². The van der Waals surface area contributed by atoms with Crippen LogP contribution in [0.25, 0.3) is 0 Å². The van der Waals surface area contributed by atoms with Gasteiger partial charge in [-0.25, -0.2) is 4.98 Å². The smallest absolute Gasteiger partial charge is 0.325 e. The Morgan fingerprint density at radius 1 is 1.37 bits per heavy atom. The lowest BCUT2D eigenvalue weighted by atomic mass is 10.3. The first kappa shape index (κ1) is 13.2. The van der Waals surface area contributed by atoms with E-state index in [1.165, 1.54) is 23.3 Å². The van der Waals surface area contributed by atoms with E-state index in [1.807, 2.05) is 0 Å². The van der Waals surface area contributed by atoms with Crippen LogP contribution in [0.5, 0.6) is 0 Å². The van der Waals surface area contributed by atoms with Gasteiger partial charge in [0.2, 0.25) is 0 Å². The predicted octanol–water partition coefficient (Wildman–Crippen LogP) is 1.38. The Bertz CT molecular complexity index is 609. The Labute approximate surface area is 116 Å². The zero-order valence-corrected chi connectivity index (χ0v) is 11.2. The largest absolute Gasteiger partial charge is 0.480 e. The molecule has 98 valence electrons. The van der Waals surface area contributed by atoms with Gasteiger partial charge < -0.3 is 10.4 Å². The van der Waals surface area contributed by atoms with Crippen LogP contribution >= 0.6 is 15.9 Å². The third-order valence-electron chi connectivity index (χ3n) is 2.15. The molecule has 2 rings (SSSR count). The van der Waals surface area contributed by atoms with Gasteiger partial charge in [-0.05, 0) is 28.1 Å². The third-order valence-corrected chi connectivity index (χ3v) is 2.62. The maximum atomic E-state index is 11.8. The summed E-state index contributed by atoms with van der Waals surface area (Å²) in [6.45, 7) is -0.258. The number of pyridine rings is 1. The van der Waals surface area contributed by atoms with Crippen LogP contribution in [0.4, 0.5) is 5.69 Å². The lowest BCUT2D eigenvalue weighted by Crippen LogP contribution is -2.13. The van der Waals surface area contributed by atoms with Crippen molar-refractivity contribution in [3.63, 3.8) is 0 Å². The van der Waals surface area contributed by atoms with Crippen molar-refractivity contribution in [1.82, 2.24) is 14.8 Å². The van der Waals surface area contributed by atoms with E-state index in [9.17, 15) is 9.59 Å².